The Morgan fingerprint density at radius 1 is 1.14 bits per heavy atom. The number of hydrogen-bond acceptors (Lipinski definition) is 2. The van der Waals surface area contributed by atoms with Gasteiger partial charge in [-0.3, -0.25) is 0 Å². The lowest BCUT2D eigenvalue weighted by Gasteiger charge is -2.51. The molecule has 0 radical (unpaired) electrons. The minimum Gasteiger partial charge on any atom is -0.508 e. The summed E-state index contributed by atoms with van der Waals surface area (Å²) in [5.74, 6) is 1.51. The molecule has 3 atom stereocenters. The Morgan fingerprint density at radius 2 is 2.00 bits per heavy atom. The third kappa shape index (κ3) is 1.98. The maximum absolute atomic E-state index is 9.98. The Labute approximate surface area is 132 Å². The van der Waals surface area contributed by atoms with Gasteiger partial charge in [0, 0.05) is 5.41 Å². The summed E-state index contributed by atoms with van der Waals surface area (Å²) in [7, 11) is 0. The molecule has 2 heteroatoms. The van der Waals surface area contributed by atoms with Crippen molar-refractivity contribution in [1.29, 1.82) is 0 Å². The highest BCUT2D eigenvalue weighted by atomic mass is 16.3. The Hall–Kier alpha value is -1.80. The fourth-order valence-electron chi connectivity index (χ4n) is 4.80. The van der Waals surface area contributed by atoms with E-state index in [4.69, 9.17) is 0 Å². The topological polar surface area (TPSA) is 32.3 Å². The molecule has 0 amide bonds. The number of phenols is 1. The van der Waals surface area contributed by atoms with Gasteiger partial charge < -0.3 is 10.4 Å². The summed E-state index contributed by atoms with van der Waals surface area (Å²) in [5, 5.41) is 13.6. The van der Waals surface area contributed by atoms with E-state index in [1.165, 1.54) is 16.7 Å². The molecular weight excluding hydrogens is 270 g/mol. The van der Waals surface area contributed by atoms with E-state index in [1.807, 2.05) is 12.1 Å². The molecule has 0 aromatic heterocycles. The summed E-state index contributed by atoms with van der Waals surface area (Å²) >= 11 is 0. The third-order valence-electron chi connectivity index (χ3n) is 5.90. The van der Waals surface area contributed by atoms with Crippen LogP contribution >= 0.6 is 0 Å². The molecule has 114 valence electrons. The van der Waals surface area contributed by atoms with Crippen molar-refractivity contribution < 1.29 is 5.11 Å². The predicted octanol–water partition coefficient (Wildman–Crippen LogP) is 3.60. The summed E-state index contributed by atoms with van der Waals surface area (Å²) in [6.07, 6.45) is 2.23. The Morgan fingerprint density at radius 3 is 2.86 bits per heavy atom. The van der Waals surface area contributed by atoms with Crippen LogP contribution in [0.4, 0.5) is 0 Å². The van der Waals surface area contributed by atoms with E-state index < -0.39 is 0 Å². The van der Waals surface area contributed by atoms with Gasteiger partial charge in [0.2, 0.25) is 0 Å². The molecule has 0 bridgehead atoms. The minimum atomic E-state index is 0.151. The Balaban J connectivity index is 1.88. The normalized spacial score (nSPS) is 30.4. The monoisotopic (exact) mass is 293 g/mol. The molecule has 1 fully saturated rings. The first-order valence-electron chi connectivity index (χ1n) is 8.29. The fraction of sp³-hybridized carbons (Fsp3) is 0.400. The maximum atomic E-state index is 9.98. The second-order valence-corrected chi connectivity index (χ2v) is 6.93. The van der Waals surface area contributed by atoms with Gasteiger partial charge in [-0.2, -0.15) is 0 Å². The Kier molecular flexibility index (Phi) is 3.23. The first-order chi connectivity index (χ1) is 10.7. The van der Waals surface area contributed by atoms with Crippen LogP contribution in [0.1, 0.15) is 36.0 Å². The lowest BCUT2D eigenvalue weighted by atomic mass is 9.55. The maximum Gasteiger partial charge on any atom is 0.115 e. The number of rotatable bonds is 1. The van der Waals surface area contributed by atoms with Gasteiger partial charge in [0.15, 0.2) is 0 Å². The highest BCUT2D eigenvalue weighted by Crippen LogP contribution is 2.51. The van der Waals surface area contributed by atoms with Crippen LogP contribution in [0.3, 0.4) is 0 Å². The van der Waals surface area contributed by atoms with Crippen molar-refractivity contribution in [2.75, 3.05) is 13.1 Å². The number of nitrogens with one attached hydrogen (secondary N) is 1. The number of fused-ring (bicyclic) bond motifs is 2. The van der Waals surface area contributed by atoms with Crippen LogP contribution < -0.4 is 5.32 Å². The smallest absolute Gasteiger partial charge is 0.115 e. The SMILES string of the molecule is CC1c2ccccc2CC2(c3cccc(O)c3)CCNCC12. The zero-order valence-corrected chi connectivity index (χ0v) is 13.0. The molecule has 4 rings (SSSR count). The van der Waals surface area contributed by atoms with Crippen LogP contribution in [-0.4, -0.2) is 18.2 Å². The predicted molar refractivity (Wildman–Crippen MR) is 89.3 cm³/mol. The second-order valence-electron chi connectivity index (χ2n) is 6.93. The van der Waals surface area contributed by atoms with Gasteiger partial charge in [-0.1, -0.05) is 43.3 Å². The van der Waals surface area contributed by atoms with Gasteiger partial charge in [-0.25, -0.2) is 0 Å². The second kappa shape index (κ2) is 5.13. The molecule has 2 aliphatic rings. The molecule has 1 aliphatic heterocycles. The van der Waals surface area contributed by atoms with Gasteiger partial charge in [-0.15, -0.1) is 0 Å². The average Bonchev–Trinajstić information content (AvgIpc) is 2.55. The molecule has 1 heterocycles. The van der Waals surface area contributed by atoms with Crippen molar-refractivity contribution in [3.63, 3.8) is 0 Å². The summed E-state index contributed by atoms with van der Waals surface area (Å²) in [4.78, 5) is 0. The zero-order chi connectivity index (χ0) is 15.2. The van der Waals surface area contributed by atoms with Gasteiger partial charge in [0.05, 0.1) is 0 Å². The van der Waals surface area contributed by atoms with Crippen LogP contribution in [0.25, 0.3) is 0 Å². The number of piperidine rings is 1. The summed E-state index contributed by atoms with van der Waals surface area (Å²) in [5.41, 5.74) is 4.45. The summed E-state index contributed by atoms with van der Waals surface area (Å²) in [6, 6.07) is 16.9. The fourth-order valence-corrected chi connectivity index (χ4v) is 4.80. The van der Waals surface area contributed by atoms with E-state index in [0.717, 1.165) is 25.9 Å². The molecule has 2 aromatic carbocycles. The lowest BCUT2D eigenvalue weighted by molar-refractivity contribution is 0.157. The van der Waals surface area contributed by atoms with E-state index in [9.17, 15) is 5.11 Å². The Bertz CT molecular complexity index is 696. The zero-order valence-electron chi connectivity index (χ0n) is 13.0. The molecule has 22 heavy (non-hydrogen) atoms. The van der Waals surface area contributed by atoms with Crippen molar-refractivity contribution in [2.45, 2.75) is 31.1 Å². The highest BCUT2D eigenvalue weighted by molar-refractivity contribution is 5.43. The van der Waals surface area contributed by atoms with E-state index in [-0.39, 0.29) is 5.41 Å². The molecule has 0 saturated carbocycles. The molecule has 2 N–H and O–H groups in total. The first kappa shape index (κ1) is 13.8. The number of phenolic OH excluding ortho intramolecular Hbond substituents is 1. The van der Waals surface area contributed by atoms with Crippen molar-refractivity contribution in [1.82, 2.24) is 5.32 Å². The highest BCUT2D eigenvalue weighted by Gasteiger charge is 2.48. The van der Waals surface area contributed by atoms with E-state index >= 15 is 0 Å². The lowest BCUT2D eigenvalue weighted by Crippen LogP contribution is -2.53. The van der Waals surface area contributed by atoms with Crippen LogP contribution in [-0.2, 0) is 11.8 Å². The van der Waals surface area contributed by atoms with Gasteiger partial charge in [0.1, 0.15) is 5.75 Å². The molecule has 2 nitrogen and oxygen atoms in total. The third-order valence-corrected chi connectivity index (χ3v) is 5.90. The van der Waals surface area contributed by atoms with Crippen molar-refractivity contribution >= 4 is 0 Å². The van der Waals surface area contributed by atoms with Crippen molar-refractivity contribution in [3.05, 3.63) is 65.2 Å². The van der Waals surface area contributed by atoms with E-state index in [1.54, 1.807) is 6.07 Å². The standard InChI is InChI=1S/C20H23NO/c1-14-18-8-3-2-5-15(18)12-20(9-10-21-13-19(14)20)16-6-4-7-17(22)11-16/h2-8,11,14,19,21-22H,9-10,12-13H2,1H3. The average molecular weight is 293 g/mol. The van der Waals surface area contributed by atoms with Gasteiger partial charge in [-0.05, 0) is 66.6 Å². The van der Waals surface area contributed by atoms with Crippen LogP contribution in [0.2, 0.25) is 0 Å². The van der Waals surface area contributed by atoms with Crippen molar-refractivity contribution in [3.8, 4) is 5.75 Å². The molecule has 2 aromatic rings. The van der Waals surface area contributed by atoms with E-state index in [2.05, 4.69) is 42.6 Å². The largest absolute Gasteiger partial charge is 0.508 e. The molecule has 1 aliphatic carbocycles. The molecule has 1 saturated heterocycles. The molecule has 0 spiro atoms. The van der Waals surface area contributed by atoms with Crippen LogP contribution in [0.5, 0.6) is 5.75 Å². The first-order valence-corrected chi connectivity index (χ1v) is 8.29. The van der Waals surface area contributed by atoms with Gasteiger partial charge in [0.25, 0.3) is 0 Å². The number of hydrogen-bond donors (Lipinski definition) is 2. The van der Waals surface area contributed by atoms with Crippen LogP contribution in [0.15, 0.2) is 48.5 Å². The quantitative estimate of drug-likeness (QED) is 0.842. The number of aromatic hydroxyl groups is 1. The summed E-state index contributed by atoms with van der Waals surface area (Å²) < 4.78 is 0. The van der Waals surface area contributed by atoms with E-state index in [0.29, 0.717) is 17.6 Å². The summed E-state index contributed by atoms with van der Waals surface area (Å²) in [6.45, 7) is 4.49. The number of benzene rings is 2. The molecular formula is C20H23NO. The van der Waals surface area contributed by atoms with Crippen molar-refractivity contribution in [2.24, 2.45) is 5.92 Å². The van der Waals surface area contributed by atoms with Gasteiger partial charge >= 0.3 is 0 Å². The van der Waals surface area contributed by atoms with Crippen LogP contribution in [0, 0.1) is 5.92 Å². The molecule has 3 unspecified atom stereocenters. The minimum absolute atomic E-state index is 0.151.